The standard InChI is InChI=1S/C14H14N/c1-12(13-8-4-2-5-9-13)15-14-10-6-3-7-11-14/h2-12H,1H3/t12-/m1/s1. The highest BCUT2D eigenvalue weighted by atomic mass is 14.9. The molecule has 0 saturated carbocycles. The zero-order valence-corrected chi connectivity index (χ0v) is 8.80. The summed E-state index contributed by atoms with van der Waals surface area (Å²) in [5.74, 6) is 0. The lowest BCUT2D eigenvalue weighted by molar-refractivity contribution is 0.682. The third-order valence-corrected chi connectivity index (χ3v) is 2.38. The van der Waals surface area contributed by atoms with Crippen molar-refractivity contribution in [3.05, 3.63) is 66.2 Å². The second kappa shape index (κ2) is 4.65. The summed E-state index contributed by atoms with van der Waals surface area (Å²) in [5, 5.41) is 4.63. The van der Waals surface area contributed by atoms with Crippen molar-refractivity contribution in [2.45, 2.75) is 13.0 Å². The van der Waals surface area contributed by atoms with Crippen LogP contribution in [0.1, 0.15) is 18.5 Å². The summed E-state index contributed by atoms with van der Waals surface area (Å²) in [5.41, 5.74) is 2.29. The van der Waals surface area contributed by atoms with Gasteiger partial charge in [0.15, 0.2) is 0 Å². The highest BCUT2D eigenvalue weighted by Crippen LogP contribution is 2.18. The Morgan fingerprint density at radius 3 is 1.93 bits per heavy atom. The fraction of sp³-hybridized carbons (Fsp3) is 0.143. The molecule has 0 fully saturated rings. The van der Waals surface area contributed by atoms with E-state index in [2.05, 4.69) is 24.4 Å². The van der Waals surface area contributed by atoms with Gasteiger partial charge in [0, 0.05) is 0 Å². The Labute approximate surface area is 90.8 Å². The number of hydrogen-bond donors (Lipinski definition) is 0. The van der Waals surface area contributed by atoms with Crippen LogP contribution < -0.4 is 5.32 Å². The first kappa shape index (κ1) is 9.78. The average molecular weight is 196 g/mol. The van der Waals surface area contributed by atoms with E-state index < -0.39 is 0 Å². The maximum atomic E-state index is 4.63. The first-order valence-electron chi connectivity index (χ1n) is 5.17. The van der Waals surface area contributed by atoms with Crippen molar-refractivity contribution in [3.63, 3.8) is 0 Å². The van der Waals surface area contributed by atoms with E-state index in [4.69, 9.17) is 0 Å². The fourth-order valence-corrected chi connectivity index (χ4v) is 1.54. The number of nitrogens with zero attached hydrogens (tertiary/aromatic N) is 1. The highest BCUT2D eigenvalue weighted by molar-refractivity contribution is 5.36. The number of rotatable bonds is 3. The van der Waals surface area contributed by atoms with Crippen LogP contribution in [0.3, 0.4) is 0 Å². The molecule has 0 heterocycles. The summed E-state index contributed by atoms with van der Waals surface area (Å²) < 4.78 is 0. The monoisotopic (exact) mass is 196 g/mol. The molecule has 0 N–H and O–H groups in total. The van der Waals surface area contributed by atoms with E-state index >= 15 is 0 Å². The second-order valence-electron chi connectivity index (χ2n) is 3.55. The molecule has 0 aromatic heterocycles. The summed E-state index contributed by atoms with van der Waals surface area (Å²) in [6.07, 6.45) is 0. The molecule has 0 bridgehead atoms. The van der Waals surface area contributed by atoms with Crippen LogP contribution in [0, 0.1) is 0 Å². The molecule has 2 rings (SSSR count). The van der Waals surface area contributed by atoms with Gasteiger partial charge in [0.05, 0.1) is 11.7 Å². The quantitative estimate of drug-likeness (QED) is 0.711. The van der Waals surface area contributed by atoms with Gasteiger partial charge in [-0.05, 0) is 24.6 Å². The van der Waals surface area contributed by atoms with Gasteiger partial charge in [0.1, 0.15) is 0 Å². The molecule has 1 atom stereocenters. The van der Waals surface area contributed by atoms with E-state index in [0.717, 1.165) is 5.69 Å². The Morgan fingerprint density at radius 1 is 0.800 bits per heavy atom. The first-order valence-corrected chi connectivity index (χ1v) is 5.17. The van der Waals surface area contributed by atoms with Crippen LogP contribution in [0.25, 0.3) is 0 Å². The lowest BCUT2D eigenvalue weighted by Gasteiger charge is -2.12. The van der Waals surface area contributed by atoms with Crippen molar-refractivity contribution >= 4 is 5.69 Å². The lowest BCUT2D eigenvalue weighted by Crippen LogP contribution is -2.04. The predicted molar refractivity (Wildman–Crippen MR) is 63.1 cm³/mol. The maximum absolute atomic E-state index is 4.63. The fourth-order valence-electron chi connectivity index (χ4n) is 1.54. The molecule has 0 amide bonds. The Hall–Kier alpha value is -1.76. The van der Waals surface area contributed by atoms with Gasteiger partial charge in [-0.1, -0.05) is 48.5 Å². The molecule has 1 nitrogen and oxygen atoms in total. The lowest BCUT2D eigenvalue weighted by atomic mass is 10.1. The largest absolute Gasteiger partial charge is 0.278 e. The van der Waals surface area contributed by atoms with Crippen LogP contribution in [-0.2, 0) is 0 Å². The number of para-hydroxylation sites is 1. The van der Waals surface area contributed by atoms with Crippen LogP contribution in [0.15, 0.2) is 60.7 Å². The van der Waals surface area contributed by atoms with E-state index in [1.54, 1.807) is 0 Å². The molecule has 2 aromatic carbocycles. The third kappa shape index (κ3) is 2.59. The van der Waals surface area contributed by atoms with E-state index in [1.807, 2.05) is 48.5 Å². The minimum atomic E-state index is 0.216. The minimum Gasteiger partial charge on any atom is -0.278 e. The summed E-state index contributed by atoms with van der Waals surface area (Å²) >= 11 is 0. The normalized spacial score (nSPS) is 12.1. The maximum Gasteiger partial charge on any atom is 0.0728 e. The van der Waals surface area contributed by atoms with Gasteiger partial charge < -0.3 is 0 Å². The van der Waals surface area contributed by atoms with E-state index in [9.17, 15) is 0 Å². The Bertz CT molecular complexity index is 394. The van der Waals surface area contributed by atoms with Gasteiger partial charge in [-0.25, -0.2) is 0 Å². The molecule has 0 spiro atoms. The van der Waals surface area contributed by atoms with Crippen molar-refractivity contribution in [2.75, 3.05) is 0 Å². The zero-order valence-electron chi connectivity index (χ0n) is 8.80. The van der Waals surface area contributed by atoms with Crippen molar-refractivity contribution in [2.24, 2.45) is 0 Å². The van der Waals surface area contributed by atoms with E-state index in [1.165, 1.54) is 5.56 Å². The van der Waals surface area contributed by atoms with Crippen LogP contribution >= 0.6 is 0 Å². The molecule has 0 unspecified atom stereocenters. The summed E-state index contributed by atoms with van der Waals surface area (Å²) in [7, 11) is 0. The van der Waals surface area contributed by atoms with Gasteiger partial charge in [0.25, 0.3) is 0 Å². The number of hydrogen-bond acceptors (Lipinski definition) is 0. The summed E-state index contributed by atoms with van der Waals surface area (Å²) in [6, 6.07) is 20.6. The second-order valence-corrected chi connectivity index (χ2v) is 3.55. The third-order valence-electron chi connectivity index (χ3n) is 2.38. The average Bonchev–Trinajstić information content (AvgIpc) is 2.31. The van der Waals surface area contributed by atoms with Gasteiger partial charge in [-0.3, -0.25) is 5.32 Å². The molecule has 75 valence electrons. The molecule has 15 heavy (non-hydrogen) atoms. The molecule has 0 saturated heterocycles. The molecule has 0 aliphatic heterocycles. The van der Waals surface area contributed by atoms with Crippen LogP contribution in [0.5, 0.6) is 0 Å². The van der Waals surface area contributed by atoms with Crippen LogP contribution in [-0.4, -0.2) is 0 Å². The van der Waals surface area contributed by atoms with E-state index in [-0.39, 0.29) is 6.04 Å². The van der Waals surface area contributed by atoms with Gasteiger partial charge >= 0.3 is 0 Å². The Morgan fingerprint density at radius 2 is 1.33 bits per heavy atom. The predicted octanol–water partition coefficient (Wildman–Crippen LogP) is 3.68. The molecule has 0 aliphatic carbocycles. The smallest absolute Gasteiger partial charge is 0.0728 e. The molecule has 1 radical (unpaired) electrons. The van der Waals surface area contributed by atoms with Crippen LogP contribution in [0.2, 0.25) is 0 Å². The Balaban J connectivity index is 2.08. The molecule has 0 aliphatic rings. The highest BCUT2D eigenvalue weighted by Gasteiger charge is 2.05. The van der Waals surface area contributed by atoms with Crippen molar-refractivity contribution in [3.8, 4) is 0 Å². The van der Waals surface area contributed by atoms with E-state index in [0.29, 0.717) is 0 Å². The zero-order chi connectivity index (χ0) is 10.5. The topological polar surface area (TPSA) is 14.1 Å². The Kier molecular flexibility index (Phi) is 3.03. The first-order chi connectivity index (χ1) is 7.36. The van der Waals surface area contributed by atoms with Crippen molar-refractivity contribution in [1.29, 1.82) is 0 Å². The SMILES string of the molecule is C[C@@H]([N]c1ccccc1)c1ccccc1. The van der Waals surface area contributed by atoms with Gasteiger partial charge in [-0.15, -0.1) is 0 Å². The van der Waals surface area contributed by atoms with Crippen LogP contribution in [0.4, 0.5) is 5.69 Å². The number of benzene rings is 2. The summed E-state index contributed by atoms with van der Waals surface area (Å²) in [6.45, 7) is 2.11. The van der Waals surface area contributed by atoms with Crippen molar-refractivity contribution in [1.82, 2.24) is 5.32 Å². The molecule has 2 aromatic rings. The van der Waals surface area contributed by atoms with Gasteiger partial charge in [0.2, 0.25) is 0 Å². The molecular formula is C14H14N. The molecule has 1 heteroatoms. The van der Waals surface area contributed by atoms with Crippen molar-refractivity contribution < 1.29 is 0 Å². The minimum absolute atomic E-state index is 0.216. The van der Waals surface area contributed by atoms with Gasteiger partial charge in [-0.2, -0.15) is 0 Å². The molecular weight excluding hydrogens is 182 g/mol. The summed E-state index contributed by atoms with van der Waals surface area (Å²) in [4.78, 5) is 0.